The maximum atomic E-state index is 3.38. The molecule has 1 N–H and O–H groups in total. The van der Waals surface area contributed by atoms with E-state index in [2.05, 4.69) is 68.6 Å². The first-order valence-corrected chi connectivity index (χ1v) is 7.70. The van der Waals surface area contributed by atoms with Gasteiger partial charge in [-0.3, -0.25) is 0 Å². The summed E-state index contributed by atoms with van der Waals surface area (Å²) >= 11 is 0. The Balaban J connectivity index is 2.31. The summed E-state index contributed by atoms with van der Waals surface area (Å²) in [5, 5.41) is 3.38. The molecule has 0 saturated heterocycles. The lowest BCUT2D eigenvalue weighted by Crippen LogP contribution is -2.11. The summed E-state index contributed by atoms with van der Waals surface area (Å²) in [7, 11) is 0. The first-order valence-electron chi connectivity index (χ1n) is 7.70. The molecule has 20 heavy (non-hydrogen) atoms. The van der Waals surface area contributed by atoms with Gasteiger partial charge in [0.05, 0.1) is 0 Å². The van der Waals surface area contributed by atoms with Gasteiger partial charge >= 0.3 is 0 Å². The van der Waals surface area contributed by atoms with E-state index in [0.29, 0.717) is 0 Å². The summed E-state index contributed by atoms with van der Waals surface area (Å²) in [5.41, 5.74) is 6.94. The van der Waals surface area contributed by atoms with E-state index in [1.807, 2.05) is 0 Å². The van der Waals surface area contributed by atoms with Crippen molar-refractivity contribution in [3.05, 3.63) is 59.2 Å². The molecule has 0 aliphatic carbocycles. The molecule has 0 spiro atoms. The Hall–Kier alpha value is -1.60. The lowest BCUT2D eigenvalue weighted by Gasteiger charge is -2.10. The highest BCUT2D eigenvalue weighted by atomic mass is 14.8. The zero-order valence-corrected chi connectivity index (χ0v) is 12.9. The van der Waals surface area contributed by atoms with Crippen LogP contribution in [0, 0.1) is 0 Å². The fraction of sp³-hybridized carbons (Fsp3) is 0.368. The number of aryl methyl sites for hydroxylation is 2. The number of benzene rings is 2. The maximum Gasteiger partial charge on any atom is 0.0205 e. The predicted molar refractivity (Wildman–Crippen MR) is 88.0 cm³/mol. The number of rotatable bonds is 6. The van der Waals surface area contributed by atoms with Gasteiger partial charge in [-0.1, -0.05) is 57.2 Å². The SMILES string of the molecule is CCNCc1cccc(-c2ccc(CC)c(CC)c2)c1. The van der Waals surface area contributed by atoms with Crippen LogP contribution in [0.25, 0.3) is 11.1 Å². The van der Waals surface area contributed by atoms with Crippen molar-refractivity contribution in [3.8, 4) is 11.1 Å². The van der Waals surface area contributed by atoms with E-state index in [0.717, 1.165) is 25.9 Å². The van der Waals surface area contributed by atoms with Gasteiger partial charge in [0.15, 0.2) is 0 Å². The summed E-state index contributed by atoms with van der Waals surface area (Å²) in [6.07, 6.45) is 2.22. The molecule has 0 unspecified atom stereocenters. The van der Waals surface area contributed by atoms with Gasteiger partial charge in [0.25, 0.3) is 0 Å². The lowest BCUT2D eigenvalue weighted by atomic mass is 9.96. The fourth-order valence-electron chi connectivity index (χ4n) is 2.61. The molecule has 2 rings (SSSR count). The zero-order valence-electron chi connectivity index (χ0n) is 12.9. The summed E-state index contributed by atoms with van der Waals surface area (Å²) in [5.74, 6) is 0. The second kappa shape index (κ2) is 7.25. The van der Waals surface area contributed by atoms with Gasteiger partial charge in [-0.25, -0.2) is 0 Å². The van der Waals surface area contributed by atoms with Gasteiger partial charge in [0, 0.05) is 6.54 Å². The van der Waals surface area contributed by atoms with Gasteiger partial charge in [-0.05, 0) is 53.3 Å². The minimum atomic E-state index is 0.942. The Kier molecular flexibility index (Phi) is 5.37. The van der Waals surface area contributed by atoms with Crippen molar-refractivity contribution in [2.24, 2.45) is 0 Å². The average Bonchev–Trinajstić information content (AvgIpc) is 2.52. The van der Waals surface area contributed by atoms with Crippen molar-refractivity contribution < 1.29 is 0 Å². The van der Waals surface area contributed by atoms with Crippen LogP contribution in [0.15, 0.2) is 42.5 Å². The standard InChI is InChI=1S/C19H25N/c1-4-16-10-11-19(13-17(16)5-2)18-9-7-8-15(12-18)14-20-6-3/h7-13,20H,4-6,14H2,1-3H3. The number of hydrogen-bond donors (Lipinski definition) is 1. The van der Waals surface area contributed by atoms with E-state index in [-0.39, 0.29) is 0 Å². The third-order valence-corrected chi connectivity index (χ3v) is 3.81. The largest absolute Gasteiger partial charge is 0.313 e. The molecule has 0 aliphatic heterocycles. The van der Waals surface area contributed by atoms with Crippen LogP contribution in [0.2, 0.25) is 0 Å². The lowest BCUT2D eigenvalue weighted by molar-refractivity contribution is 0.727. The van der Waals surface area contributed by atoms with Gasteiger partial charge < -0.3 is 5.32 Å². The molecule has 0 heterocycles. The minimum Gasteiger partial charge on any atom is -0.313 e. The molecule has 0 fully saturated rings. The topological polar surface area (TPSA) is 12.0 Å². The smallest absolute Gasteiger partial charge is 0.0205 e. The van der Waals surface area contributed by atoms with Crippen molar-refractivity contribution in [2.75, 3.05) is 6.54 Å². The van der Waals surface area contributed by atoms with Crippen LogP contribution in [0.1, 0.15) is 37.5 Å². The van der Waals surface area contributed by atoms with E-state index < -0.39 is 0 Å². The van der Waals surface area contributed by atoms with E-state index in [9.17, 15) is 0 Å². The van der Waals surface area contributed by atoms with Crippen molar-refractivity contribution >= 4 is 0 Å². The summed E-state index contributed by atoms with van der Waals surface area (Å²) < 4.78 is 0. The van der Waals surface area contributed by atoms with E-state index in [4.69, 9.17) is 0 Å². The van der Waals surface area contributed by atoms with Gasteiger partial charge in [-0.15, -0.1) is 0 Å². The summed E-state index contributed by atoms with van der Waals surface area (Å²) in [6, 6.07) is 15.7. The molecule has 2 aromatic rings. The average molecular weight is 267 g/mol. The Labute approximate surface area is 123 Å². The molecule has 0 atom stereocenters. The van der Waals surface area contributed by atoms with Crippen LogP contribution in [0.4, 0.5) is 0 Å². The first kappa shape index (κ1) is 14.8. The van der Waals surface area contributed by atoms with Gasteiger partial charge in [0.2, 0.25) is 0 Å². The molecule has 1 nitrogen and oxygen atoms in total. The van der Waals surface area contributed by atoms with Crippen LogP contribution >= 0.6 is 0 Å². The quantitative estimate of drug-likeness (QED) is 0.807. The molecule has 0 radical (unpaired) electrons. The molecule has 1 heteroatoms. The minimum absolute atomic E-state index is 0.942. The van der Waals surface area contributed by atoms with Crippen LogP contribution in [0.5, 0.6) is 0 Å². The van der Waals surface area contributed by atoms with Gasteiger partial charge in [-0.2, -0.15) is 0 Å². The van der Waals surface area contributed by atoms with Crippen LogP contribution in [-0.2, 0) is 19.4 Å². The predicted octanol–water partition coefficient (Wildman–Crippen LogP) is 4.59. The molecular weight excluding hydrogens is 242 g/mol. The van der Waals surface area contributed by atoms with E-state index >= 15 is 0 Å². The highest BCUT2D eigenvalue weighted by molar-refractivity contribution is 5.65. The zero-order chi connectivity index (χ0) is 14.4. The van der Waals surface area contributed by atoms with Crippen molar-refractivity contribution in [1.82, 2.24) is 5.32 Å². The molecule has 0 amide bonds. The van der Waals surface area contributed by atoms with Crippen molar-refractivity contribution in [1.29, 1.82) is 0 Å². The van der Waals surface area contributed by atoms with E-state index in [1.165, 1.54) is 27.8 Å². The highest BCUT2D eigenvalue weighted by Gasteiger charge is 2.04. The Morgan fingerprint density at radius 3 is 2.25 bits per heavy atom. The molecule has 106 valence electrons. The molecule has 0 bridgehead atoms. The third-order valence-electron chi connectivity index (χ3n) is 3.81. The van der Waals surface area contributed by atoms with Crippen molar-refractivity contribution in [2.45, 2.75) is 40.2 Å². The summed E-state index contributed by atoms with van der Waals surface area (Å²) in [6.45, 7) is 8.55. The molecular formula is C19H25N. The Bertz CT molecular complexity index is 557. The fourth-order valence-corrected chi connectivity index (χ4v) is 2.61. The number of hydrogen-bond acceptors (Lipinski definition) is 1. The monoisotopic (exact) mass is 267 g/mol. The second-order valence-corrected chi connectivity index (χ2v) is 5.17. The van der Waals surface area contributed by atoms with Crippen LogP contribution in [0.3, 0.4) is 0 Å². The second-order valence-electron chi connectivity index (χ2n) is 5.17. The van der Waals surface area contributed by atoms with E-state index in [1.54, 1.807) is 0 Å². The molecule has 0 aromatic heterocycles. The Morgan fingerprint density at radius 1 is 0.800 bits per heavy atom. The number of nitrogens with one attached hydrogen (secondary N) is 1. The normalized spacial score (nSPS) is 10.8. The summed E-state index contributed by atoms with van der Waals surface area (Å²) in [4.78, 5) is 0. The molecule has 2 aromatic carbocycles. The van der Waals surface area contributed by atoms with Crippen LogP contribution in [-0.4, -0.2) is 6.54 Å². The van der Waals surface area contributed by atoms with Crippen LogP contribution < -0.4 is 5.32 Å². The Morgan fingerprint density at radius 2 is 1.55 bits per heavy atom. The highest BCUT2D eigenvalue weighted by Crippen LogP contribution is 2.24. The van der Waals surface area contributed by atoms with Gasteiger partial charge in [0.1, 0.15) is 0 Å². The molecule has 0 saturated carbocycles. The maximum absolute atomic E-state index is 3.38. The van der Waals surface area contributed by atoms with Crippen molar-refractivity contribution in [3.63, 3.8) is 0 Å². The first-order chi connectivity index (χ1) is 9.78. The molecule has 0 aliphatic rings. The third kappa shape index (κ3) is 3.49.